The Morgan fingerprint density at radius 2 is 2.08 bits per heavy atom. The van der Waals surface area contributed by atoms with E-state index in [0.29, 0.717) is 12.0 Å². The second-order valence-electron chi connectivity index (χ2n) is 6.57. The zero-order valence-electron chi connectivity index (χ0n) is 14.0. The number of amides is 1. The molecule has 0 aliphatic heterocycles. The smallest absolute Gasteiger partial charge is 0.256 e. The number of benzene rings is 1. The summed E-state index contributed by atoms with van der Waals surface area (Å²) in [6, 6.07) is 9.37. The standard InChI is InChI=1S/C18H21N3OS.2ClH/c1-11-19-10-17(23-11)21-18(22)13-5-2-4-12(8-13)15-9-16(15)20-14-6-3-7-14;;/h2,4-5,8,10,14-16,20H,3,6-7,9H2,1H3,(H,21,22);2*1H. The Morgan fingerprint density at radius 1 is 1.28 bits per heavy atom. The lowest BCUT2D eigenvalue weighted by Crippen LogP contribution is -2.37. The maximum absolute atomic E-state index is 12.4. The number of thiazole rings is 1. The number of nitrogens with one attached hydrogen (secondary N) is 2. The predicted molar refractivity (Wildman–Crippen MR) is 108 cm³/mol. The first-order chi connectivity index (χ1) is 11.2. The van der Waals surface area contributed by atoms with Gasteiger partial charge in [-0.15, -0.1) is 36.2 Å². The molecule has 0 radical (unpaired) electrons. The number of aryl methyl sites for hydroxylation is 1. The molecule has 0 bridgehead atoms. The number of hydrogen-bond acceptors (Lipinski definition) is 4. The molecule has 136 valence electrons. The molecule has 1 aromatic carbocycles. The summed E-state index contributed by atoms with van der Waals surface area (Å²) in [5.74, 6) is 0.508. The van der Waals surface area contributed by atoms with Gasteiger partial charge in [-0.25, -0.2) is 4.98 Å². The first kappa shape index (κ1) is 20.2. The maximum Gasteiger partial charge on any atom is 0.256 e. The van der Waals surface area contributed by atoms with Gasteiger partial charge in [-0.2, -0.15) is 0 Å². The molecule has 2 unspecified atom stereocenters. The van der Waals surface area contributed by atoms with Crippen LogP contribution in [0.3, 0.4) is 0 Å². The van der Waals surface area contributed by atoms with Gasteiger partial charge in [0.25, 0.3) is 5.91 Å². The molecule has 2 atom stereocenters. The molecule has 0 saturated heterocycles. The molecule has 25 heavy (non-hydrogen) atoms. The van der Waals surface area contributed by atoms with Gasteiger partial charge < -0.3 is 10.6 Å². The Hall–Kier alpha value is -1.14. The molecule has 0 spiro atoms. The van der Waals surface area contributed by atoms with Crippen LogP contribution in [0.2, 0.25) is 0 Å². The Morgan fingerprint density at radius 3 is 2.72 bits per heavy atom. The molecular formula is C18H23Cl2N3OS. The normalized spacial score (nSPS) is 21.5. The van der Waals surface area contributed by atoms with Crippen LogP contribution >= 0.6 is 36.2 Å². The maximum atomic E-state index is 12.4. The fourth-order valence-electron chi connectivity index (χ4n) is 3.14. The average Bonchev–Trinajstić information content (AvgIpc) is 3.17. The van der Waals surface area contributed by atoms with Crippen molar-refractivity contribution in [2.24, 2.45) is 0 Å². The fourth-order valence-corrected chi connectivity index (χ4v) is 3.81. The molecule has 2 N–H and O–H groups in total. The lowest BCUT2D eigenvalue weighted by Gasteiger charge is -2.26. The number of aromatic nitrogens is 1. The van der Waals surface area contributed by atoms with Gasteiger partial charge in [0.05, 0.1) is 11.2 Å². The monoisotopic (exact) mass is 399 g/mol. The molecule has 2 aliphatic rings. The van der Waals surface area contributed by atoms with Crippen LogP contribution in [0, 0.1) is 6.92 Å². The molecule has 2 aromatic rings. The summed E-state index contributed by atoms with van der Waals surface area (Å²) in [4.78, 5) is 16.6. The first-order valence-electron chi connectivity index (χ1n) is 8.29. The van der Waals surface area contributed by atoms with E-state index in [-0.39, 0.29) is 30.7 Å². The summed E-state index contributed by atoms with van der Waals surface area (Å²) >= 11 is 1.50. The van der Waals surface area contributed by atoms with Crippen LogP contribution in [0.4, 0.5) is 5.00 Å². The number of hydrogen-bond donors (Lipinski definition) is 2. The van der Waals surface area contributed by atoms with E-state index in [0.717, 1.165) is 21.6 Å². The average molecular weight is 400 g/mol. The van der Waals surface area contributed by atoms with Gasteiger partial charge in [-0.3, -0.25) is 4.79 Å². The van der Waals surface area contributed by atoms with Gasteiger partial charge in [0.1, 0.15) is 5.00 Å². The van der Waals surface area contributed by atoms with Gasteiger partial charge in [0, 0.05) is 23.6 Å². The highest BCUT2D eigenvalue weighted by molar-refractivity contribution is 7.15. The van der Waals surface area contributed by atoms with Gasteiger partial charge in [0.15, 0.2) is 0 Å². The van der Waals surface area contributed by atoms with E-state index < -0.39 is 0 Å². The lowest BCUT2D eigenvalue weighted by atomic mass is 9.93. The largest absolute Gasteiger partial charge is 0.312 e. The number of anilines is 1. The lowest BCUT2D eigenvalue weighted by molar-refractivity contribution is 0.102. The van der Waals surface area contributed by atoms with Crippen molar-refractivity contribution >= 4 is 47.1 Å². The minimum absolute atomic E-state index is 0. The summed E-state index contributed by atoms with van der Waals surface area (Å²) in [5, 5.41) is 8.41. The van der Waals surface area contributed by atoms with E-state index in [2.05, 4.69) is 21.7 Å². The Kier molecular flexibility index (Phi) is 6.86. The molecule has 1 heterocycles. The van der Waals surface area contributed by atoms with Gasteiger partial charge >= 0.3 is 0 Å². The van der Waals surface area contributed by atoms with Crippen molar-refractivity contribution in [1.29, 1.82) is 0 Å². The van der Waals surface area contributed by atoms with Crippen molar-refractivity contribution in [3.63, 3.8) is 0 Å². The summed E-state index contributed by atoms with van der Waals surface area (Å²) in [6.07, 6.45) is 6.90. The highest BCUT2D eigenvalue weighted by Gasteiger charge is 2.40. The van der Waals surface area contributed by atoms with Crippen LogP contribution in [-0.2, 0) is 0 Å². The number of carbonyl (C=O) groups is 1. The summed E-state index contributed by atoms with van der Waals surface area (Å²) < 4.78 is 0. The topological polar surface area (TPSA) is 54.0 Å². The molecule has 2 aliphatic carbocycles. The third-order valence-corrected chi connectivity index (χ3v) is 5.61. The Balaban J connectivity index is 0.00000113. The van der Waals surface area contributed by atoms with E-state index in [1.807, 2.05) is 25.1 Å². The van der Waals surface area contributed by atoms with Crippen LogP contribution in [0.15, 0.2) is 30.5 Å². The molecule has 1 aromatic heterocycles. The summed E-state index contributed by atoms with van der Waals surface area (Å²) in [6.45, 7) is 1.93. The minimum atomic E-state index is -0.0559. The van der Waals surface area contributed by atoms with Gasteiger partial charge in [-0.05, 0) is 43.9 Å². The fraction of sp³-hybridized carbons (Fsp3) is 0.444. The van der Waals surface area contributed by atoms with Crippen molar-refractivity contribution in [2.45, 2.75) is 50.6 Å². The van der Waals surface area contributed by atoms with E-state index in [4.69, 9.17) is 0 Å². The highest BCUT2D eigenvalue weighted by atomic mass is 35.5. The molecule has 1 amide bonds. The van der Waals surface area contributed by atoms with Crippen LogP contribution < -0.4 is 10.6 Å². The van der Waals surface area contributed by atoms with Gasteiger partial charge in [-0.1, -0.05) is 18.6 Å². The SMILES string of the molecule is Cc1ncc(NC(=O)c2cccc(C3CC3NC3CCC3)c2)s1.Cl.Cl. The molecule has 7 heteroatoms. The summed E-state index contributed by atoms with van der Waals surface area (Å²) in [5.41, 5.74) is 2.00. The van der Waals surface area contributed by atoms with Crippen molar-refractivity contribution in [1.82, 2.24) is 10.3 Å². The number of carbonyl (C=O) groups excluding carboxylic acids is 1. The Labute approximate surface area is 164 Å². The number of nitrogens with zero attached hydrogens (tertiary/aromatic N) is 1. The van der Waals surface area contributed by atoms with Gasteiger partial charge in [0.2, 0.25) is 0 Å². The zero-order chi connectivity index (χ0) is 15.8. The second-order valence-corrected chi connectivity index (χ2v) is 7.80. The third-order valence-electron chi connectivity index (χ3n) is 4.78. The number of rotatable bonds is 5. The second kappa shape index (κ2) is 8.49. The van der Waals surface area contributed by atoms with Crippen LogP contribution in [-0.4, -0.2) is 23.0 Å². The minimum Gasteiger partial charge on any atom is -0.312 e. The van der Waals surface area contributed by atoms with Crippen molar-refractivity contribution in [2.75, 3.05) is 5.32 Å². The number of halogens is 2. The van der Waals surface area contributed by atoms with Crippen molar-refractivity contribution < 1.29 is 4.79 Å². The van der Waals surface area contributed by atoms with Crippen molar-refractivity contribution in [3.8, 4) is 0 Å². The Bertz CT molecular complexity index is 733. The quantitative estimate of drug-likeness (QED) is 0.775. The molecule has 4 rings (SSSR count). The van der Waals surface area contributed by atoms with Crippen molar-refractivity contribution in [3.05, 3.63) is 46.6 Å². The molecular weight excluding hydrogens is 377 g/mol. The molecule has 2 saturated carbocycles. The molecule has 4 nitrogen and oxygen atoms in total. The highest BCUT2D eigenvalue weighted by Crippen LogP contribution is 2.42. The van der Waals surface area contributed by atoms with Crippen LogP contribution in [0.25, 0.3) is 0 Å². The molecule has 2 fully saturated rings. The predicted octanol–water partition coefficient (Wildman–Crippen LogP) is 4.55. The van der Waals surface area contributed by atoms with E-state index in [1.54, 1.807) is 6.20 Å². The third kappa shape index (κ3) is 4.73. The zero-order valence-corrected chi connectivity index (χ0v) is 16.5. The van der Waals surface area contributed by atoms with Crippen LogP contribution in [0.1, 0.15) is 52.5 Å². The first-order valence-corrected chi connectivity index (χ1v) is 9.10. The van der Waals surface area contributed by atoms with E-state index in [9.17, 15) is 4.79 Å². The van der Waals surface area contributed by atoms with E-state index >= 15 is 0 Å². The van der Waals surface area contributed by atoms with E-state index in [1.165, 1.54) is 42.6 Å². The summed E-state index contributed by atoms with van der Waals surface area (Å²) in [7, 11) is 0. The van der Waals surface area contributed by atoms with Crippen LogP contribution in [0.5, 0.6) is 0 Å².